The molecule has 0 saturated carbocycles. The van der Waals surface area contributed by atoms with Crippen LogP contribution in [-0.2, 0) is 6.42 Å². The summed E-state index contributed by atoms with van der Waals surface area (Å²) in [5.74, 6) is 0.749. The molecular weight excluding hydrogens is 330 g/mol. The number of nitrogens with zero attached hydrogens (tertiary/aromatic N) is 3. The molecule has 0 bridgehead atoms. The summed E-state index contributed by atoms with van der Waals surface area (Å²) >= 11 is 9.49. The number of rotatable bonds is 4. The summed E-state index contributed by atoms with van der Waals surface area (Å²) < 4.78 is 2.69. The van der Waals surface area contributed by atoms with Crippen molar-refractivity contribution < 1.29 is 5.11 Å². The van der Waals surface area contributed by atoms with Crippen molar-refractivity contribution in [3.05, 3.63) is 45.4 Å². The van der Waals surface area contributed by atoms with Gasteiger partial charge < -0.3 is 5.11 Å². The highest BCUT2D eigenvalue weighted by atomic mass is 79.9. The number of benzene rings is 1. The highest BCUT2D eigenvalue weighted by Gasteiger charge is 2.17. The topological polar surface area (TPSA) is 50.9 Å². The Morgan fingerprint density at radius 1 is 1.42 bits per heavy atom. The second-order valence-corrected chi connectivity index (χ2v) is 5.92. The van der Waals surface area contributed by atoms with Crippen LogP contribution in [0.5, 0.6) is 0 Å². The standard InChI is InChI=1S/C13H15BrClN3O/c1-8(2)18-13(16-7-17-18)6-12(19)10-5-9(14)3-4-11(10)15/h3-5,7-8,12,19H,6H2,1-2H3. The Labute approximate surface area is 125 Å². The Morgan fingerprint density at radius 3 is 2.84 bits per heavy atom. The third-order valence-electron chi connectivity index (χ3n) is 2.83. The van der Waals surface area contributed by atoms with E-state index in [1.165, 1.54) is 6.33 Å². The molecule has 2 rings (SSSR count). The summed E-state index contributed by atoms with van der Waals surface area (Å²) in [4.78, 5) is 4.19. The van der Waals surface area contributed by atoms with Crippen LogP contribution in [0.25, 0.3) is 0 Å². The van der Waals surface area contributed by atoms with Crippen LogP contribution in [0.4, 0.5) is 0 Å². The van der Waals surface area contributed by atoms with Crippen LogP contribution < -0.4 is 0 Å². The third kappa shape index (κ3) is 3.35. The second-order valence-electron chi connectivity index (χ2n) is 4.60. The quantitative estimate of drug-likeness (QED) is 0.923. The minimum atomic E-state index is -0.702. The number of hydrogen-bond acceptors (Lipinski definition) is 3. The van der Waals surface area contributed by atoms with Gasteiger partial charge in [-0.3, -0.25) is 0 Å². The van der Waals surface area contributed by atoms with Gasteiger partial charge in [0.1, 0.15) is 12.2 Å². The lowest BCUT2D eigenvalue weighted by Gasteiger charge is -2.15. The van der Waals surface area contributed by atoms with Crippen LogP contribution in [0, 0.1) is 0 Å². The van der Waals surface area contributed by atoms with Crippen LogP contribution in [-0.4, -0.2) is 19.9 Å². The van der Waals surface area contributed by atoms with E-state index in [9.17, 15) is 5.11 Å². The molecule has 19 heavy (non-hydrogen) atoms. The predicted molar refractivity (Wildman–Crippen MR) is 78.2 cm³/mol. The van der Waals surface area contributed by atoms with Crippen molar-refractivity contribution in [3.63, 3.8) is 0 Å². The van der Waals surface area contributed by atoms with Gasteiger partial charge in [0.2, 0.25) is 0 Å². The molecule has 1 unspecified atom stereocenters. The molecule has 0 aliphatic rings. The van der Waals surface area contributed by atoms with E-state index in [0.717, 1.165) is 10.3 Å². The largest absolute Gasteiger partial charge is 0.388 e. The lowest BCUT2D eigenvalue weighted by Crippen LogP contribution is -2.12. The van der Waals surface area contributed by atoms with E-state index in [1.807, 2.05) is 26.0 Å². The van der Waals surface area contributed by atoms with Gasteiger partial charge >= 0.3 is 0 Å². The smallest absolute Gasteiger partial charge is 0.138 e. The van der Waals surface area contributed by atoms with Crippen LogP contribution in [0.15, 0.2) is 29.0 Å². The van der Waals surface area contributed by atoms with E-state index in [2.05, 4.69) is 26.0 Å². The minimum Gasteiger partial charge on any atom is -0.388 e. The van der Waals surface area contributed by atoms with Crippen LogP contribution in [0.3, 0.4) is 0 Å². The zero-order valence-corrected chi connectivity index (χ0v) is 13.1. The summed E-state index contributed by atoms with van der Waals surface area (Å²) in [5.41, 5.74) is 0.689. The average Bonchev–Trinajstić information content (AvgIpc) is 2.80. The Kier molecular flexibility index (Phi) is 4.60. The Hall–Kier alpha value is -0.910. The molecule has 1 atom stereocenters. The third-order valence-corrected chi connectivity index (χ3v) is 3.67. The van der Waals surface area contributed by atoms with E-state index in [-0.39, 0.29) is 6.04 Å². The summed E-state index contributed by atoms with van der Waals surface area (Å²) in [6.45, 7) is 4.05. The lowest BCUT2D eigenvalue weighted by atomic mass is 10.1. The molecule has 0 spiro atoms. The van der Waals surface area contributed by atoms with Crippen LogP contribution in [0.1, 0.15) is 37.4 Å². The predicted octanol–water partition coefficient (Wildman–Crippen LogP) is 3.55. The highest BCUT2D eigenvalue weighted by molar-refractivity contribution is 9.10. The van der Waals surface area contributed by atoms with Gasteiger partial charge in [-0.05, 0) is 32.0 Å². The summed E-state index contributed by atoms with van der Waals surface area (Å²) in [7, 11) is 0. The van der Waals surface area contributed by atoms with E-state index in [1.54, 1.807) is 10.7 Å². The van der Waals surface area contributed by atoms with Gasteiger partial charge in [0.05, 0.1) is 6.10 Å². The molecule has 0 aliphatic heterocycles. The van der Waals surface area contributed by atoms with Crippen molar-refractivity contribution in [1.29, 1.82) is 0 Å². The first kappa shape index (κ1) is 14.5. The van der Waals surface area contributed by atoms with Gasteiger partial charge in [0.25, 0.3) is 0 Å². The molecular formula is C13H15BrClN3O. The van der Waals surface area contributed by atoms with Crippen molar-refractivity contribution in [1.82, 2.24) is 14.8 Å². The van der Waals surface area contributed by atoms with Gasteiger partial charge in [-0.1, -0.05) is 27.5 Å². The molecule has 6 heteroatoms. The Balaban J connectivity index is 2.23. The summed E-state index contributed by atoms with van der Waals surface area (Å²) in [5, 5.41) is 15.0. The van der Waals surface area contributed by atoms with Crippen LogP contribution in [0.2, 0.25) is 5.02 Å². The number of halogens is 2. The summed E-state index contributed by atoms with van der Waals surface area (Å²) in [6.07, 6.45) is 1.19. The van der Waals surface area contributed by atoms with Crippen molar-refractivity contribution >= 4 is 27.5 Å². The van der Waals surface area contributed by atoms with Crippen molar-refractivity contribution in [3.8, 4) is 0 Å². The molecule has 1 aromatic heterocycles. The number of aliphatic hydroxyl groups is 1. The van der Waals surface area contributed by atoms with Crippen molar-refractivity contribution in [2.45, 2.75) is 32.4 Å². The fraction of sp³-hybridized carbons (Fsp3) is 0.385. The molecule has 1 heterocycles. The molecule has 102 valence electrons. The first-order valence-electron chi connectivity index (χ1n) is 6.00. The van der Waals surface area contributed by atoms with Crippen molar-refractivity contribution in [2.24, 2.45) is 0 Å². The van der Waals surface area contributed by atoms with Gasteiger partial charge in [-0.25, -0.2) is 9.67 Å². The van der Waals surface area contributed by atoms with Crippen molar-refractivity contribution in [2.75, 3.05) is 0 Å². The molecule has 4 nitrogen and oxygen atoms in total. The minimum absolute atomic E-state index is 0.211. The zero-order valence-electron chi connectivity index (χ0n) is 10.7. The second kappa shape index (κ2) is 6.03. The van der Waals surface area contributed by atoms with E-state index < -0.39 is 6.10 Å². The fourth-order valence-corrected chi connectivity index (χ4v) is 2.53. The number of aliphatic hydroxyl groups excluding tert-OH is 1. The molecule has 0 aliphatic carbocycles. The molecule has 1 N–H and O–H groups in total. The maximum atomic E-state index is 10.3. The zero-order chi connectivity index (χ0) is 14.0. The van der Waals surface area contributed by atoms with E-state index in [4.69, 9.17) is 11.6 Å². The first-order chi connectivity index (χ1) is 8.99. The van der Waals surface area contributed by atoms with Gasteiger partial charge in [-0.15, -0.1) is 0 Å². The molecule has 0 fully saturated rings. The molecule has 0 radical (unpaired) electrons. The maximum absolute atomic E-state index is 10.3. The average molecular weight is 345 g/mol. The monoisotopic (exact) mass is 343 g/mol. The highest BCUT2D eigenvalue weighted by Crippen LogP contribution is 2.28. The van der Waals surface area contributed by atoms with Gasteiger partial charge in [0.15, 0.2) is 0 Å². The maximum Gasteiger partial charge on any atom is 0.138 e. The normalized spacial score (nSPS) is 12.9. The SMILES string of the molecule is CC(C)n1ncnc1CC(O)c1cc(Br)ccc1Cl. The molecule has 2 aromatic rings. The van der Waals surface area contributed by atoms with Crippen LogP contribution >= 0.6 is 27.5 Å². The van der Waals surface area contributed by atoms with E-state index >= 15 is 0 Å². The molecule has 0 saturated heterocycles. The van der Waals surface area contributed by atoms with E-state index in [0.29, 0.717) is 17.0 Å². The molecule has 1 aromatic carbocycles. The fourth-order valence-electron chi connectivity index (χ4n) is 1.90. The first-order valence-corrected chi connectivity index (χ1v) is 7.17. The van der Waals surface area contributed by atoms with Gasteiger partial charge in [-0.2, -0.15) is 5.10 Å². The number of aromatic nitrogens is 3. The number of hydrogen-bond donors (Lipinski definition) is 1. The lowest BCUT2D eigenvalue weighted by molar-refractivity contribution is 0.173. The Morgan fingerprint density at radius 2 is 2.16 bits per heavy atom. The van der Waals surface area contributed by atoms with Gasteiger partial charge in [0, 0.05) is 27.5 Å². The Bertz CT molecular complexity index is 571. The summed E-state index contributed by atoms with van der Waals surface area (Å²) in [6, 6.07) is 5.64. The molecule has 0 amide bonds.